The Hall–Kier alpha value is -0.460. The highest BCUT2D eigenvalue weighted by Gasteiger charge is 2.75. The molecule has 110 valence electrons. The molecule has 0 aromatic heterocycles. The zero-order chi connectivity index (χ0) is 15.2. The number of halogens is 11. The van der Waals surface area contributed by atoms with Gasteiger partial charge in [-0.3, -0.25) is 0 Å². The molecule has 0 aliphatic heterocycles. The van der Waals surface area contributed by atoms with Gasteiger partial charge in [0.1, 0.15) is 0 Å². The summed E-state index contributed by atoms with van der Waals surface area (Å²) >= 11 is 0. The first-order valence-corrected chi connectivity index (χ1v) is 5.66. The fourth-order valence-electron chi connectivity index (χ4n) is 0.478. The Kier molecular flexibility index (Phi) is 4.17. The van der Waals surface area contributed by atoms with Gasteiger partial charge in [-0.2, -0.15) is 48.3 Å². The quantitative estimate of drug-likeness (QED) is 0.406. The lowest BCUT2D eigenvalue weighted by atomic mass is 10.2. The molecule has 2 nitrogen and oxygen atoms in total. The SMILES string of the molecule is O=S(Cl)(=NC(F)(C(F)(F)F)C(F)(F)F)C(F)(F)F. The molecule has 0 radical (unpaired) electrons. The summed E-state index contributed by atoms with van der Waals surface area (Å²) in [6.07, 6.45) is -13.8. The first kappa shape index (κ1) is 17.5. The van der Waals surface area contributed by atoms with Gasteiger partial charge < -0.3 is 0 Å². The number of hydrogen-bond donors (Lipinski definition) is 0. The van der Waals surface area contributed by atoms with Gasteiger partial charge in [-0.1, -0.05) is 0 Å². The fraction of sp³-hybridized carbons (Fsp3) is 1.00. The van der Waals surface area contributed by atoms with Gasteiger partial charge in [-0.25, -0.2) is 4.21 Å². The Bertz CT molecular complexity index is 411. The molecule has 0 saturated heterocycles. The summed E-state index contributed by atoms with van der Waals surface area (Å²) in [7, 11) is -2.68. The lowest BCUT2D eigenvalue weighted by molar-refractivity contribution is -0.337. The summed E-state index contributed by atoms with van der Waals surface area (Å²) in [5.74, 6) is -6.69. The molecular weight excluding hydrogens is 336 g/mol. The maximum absolute atomic E-state index is 12.7. The van der Waals surface area contributed by atoms with Gasteiger partial charge in [0.25, 0.3) is 0 Å². The van der Waals surface area contributed by atoms with Crippen molar-refractivity contribution in [2.24, 2.45) is 4.36 Å². The maximum atomic E-state index is 12.7. The van der Waals surface area contributed by atoms with Crippen molar-refractivity contribution >= 4 is 19.6 Å². The Morgan fingerprint density at radius 2 is 1.06 bits per heavy atom. The van der Waals surface area contributed by atoms with Crippen molar-refractivity contribution in [3.63, 3.8) is 0 Å². The summed E-state index contributed by atoms with van der Waals surface area (Å²) in [5, 5.41) is 0. The van der Waals surface area contributed by atoms with Crippen LogP contribution < -0.4 is 0 Å². The molecule has 0 amide bonds. The topological polar surface area (TPSA) is 29.4 Å². The van der Waals surface area contributed by atoms with E-state index in [4.69, 9.17) is 0 Å². The third-order valence-corrected chi connectivity index (χ3v) is 3.07. The fourth-order valence-corrected chi connectivity index (χ4v) is 1.40. The molecule has 0 aliphatic carbocycles. The summed E-state index contributed by atoms with van der Waals surface area (Å²) in [6.45, 7) is 0. The first-order chi connectivity index (χ1) is 7.46. The molecule has 0 fully saturated rings. The van der Waals surface area contributed by atoms with Crippen molar-refractivity contribution in [3.05, 3.63) is 0 Å². The van der Waals surface area contributed by atoms with E-state index < -0.39 is 32.6 Å². The monoisotopic (exact) mass is 335 g/mol. The van der Waals surface area contributed by atoms with E-state index in [2.05, 4.69) is 10.7 Å². The number of rotatable bonds is 1. The predicted octanol–water partition coefficient (Wildman–Crippen LogP) is 3.92. The van der Waals surface area contributed by atoms with Crippen molar-refractivity contribution in [2.45, 2.75) is 23.7 Å². The highest BCUT2D eigenvalue weighted by molar-refractivity contribution is 8.16. The molecule has 0 heterocycles. The van der Waals surface area contributed by atoms with E-state index in [9.17, 15) is 48.1 Å². The molecule has 0 saturated carbocycles. The molecule has 14 heteroatoms. The number of hydrogen-bond acceptors (Lipinski definition) is 2. The van der Waals surface area contributed by atoms with Crippen molar-refractivity contribution in [1.82, 2.24) is 0 Å². The molecule has 0 spiro atoms. The minimum Gasteiger partial charge on any atom is -0.224 e. The Morgan fingerprint density at radius 1 is 0.778 bits per heavy atom. The van der Waals surface area contributed by atoms with Crippen LogP contribution in [0.4, 0.5) is 43.9 Å². The zero-order valence-corrected chi connectivity index (χ0v) is 8.99. The number of nitrogens with zero attached hydrogens (tertiary/aromatic N) is 1. The lowest BCUT2D eigenvalue weighted by Gasteiger charge is -2.26. The Morgan fingerprint density at radius 3 is 1.22 bits per heavy atom. The van der Waals surface area contributed by atoms with Gasteiger partial charge in [-0.05, 0) is 0 Å². The van der Waals surface area contributed by atoms with Crippen LogP contribution in [0, 0.1) is 0 Å². The number of alkyl halides is 10. The van der Waals surface area contributed by atoms with Crippen LogP contribution in [0.15, 0.2) is 4.36 Å². The molecule has 0 bridgehead atoms. The predicted molar refractivity (Wildman–Crippen MR) is 38.4 cm³/mol. The summed E-state index contributed by atoms with van der Waals surface area (Å²) in [5.41, 5.74) is -6.28. The Labute approximate surface area is 96.6 Å². The van der Waals surface area contributed by atoms with Crippen LogP contribution in [0.5, 0.6) is 0 Å². The van der Waals surface area contributed by atoms with Crippen LogP contribution in [-0.2, 0) is 8.94 Å². The highest BCUT2D eigenvalue weighted by atomic mass is 35.7. The smallest absolute Gasteiger partial charge is 0.224 e. The second kappa shape index (κ2) is 4.28. The molecule has 18 heavy (non-hydrogen) atoms. The second-order valence-electron chi connectivity index (χ2n) is 2.61. The molecule has 0 aromatic rings. The average Bonchev–Trinajstić information content (AvgIpc) is 1.95. The van der Waals surface area contributed by atoms with Crippen molar-refractivity contribution in [1.29, 1.82) is 0 Å². The minimum absolute atomic E-state index is 0.606. The van der Waals surface area contributed by atoms with Gasteiger partial charge in [-0.15, -0.1) is 0 Å². The van der Waals surface area contributed by atoms with Crippen LogP contribution >= 0.6 is 10.7 Å². The molecule has 1 atom stereocenters. The van der Waals surface area contributed by atoms with Crippen LogP contribution in [0.3, 0.4) is 0 Å². The first-order valence-electron chi connectivity index (χ1n) is 3.32. The van der Waals surface area contributed by atoms with E-state index in [0.29, 0.717) is 4.36 Å². The molecule has 1 unspecified atom stereocenters. The third-order valence-electron chi connectivity index (χ3n) is 1.28. The van der Waals surface area contributed by atoms with Gasteiger partial charge in [0.15, 0.2) is 0 Å². The van der Waals surface area contributed by atoms with Crippen LogP contribution in [0.2, 0.25) is 0 Å². The second-order valence-corrected chi connectivity index (χ2v) is 5.43. The van der Waals surface area contributed by atoms with Gasteiger partial charge in [0, 0.05) is 10.7 Å². The molecule has 0 rings (SSSR count). The van der Waals surface area contributed by atoms with Crippen molar-refractivity contribution < 1.29 is 48.1 Å². The maximum Gasteiger partial charge on any atom is 0.493 e. The summed E-state index contributed by atoms with van der Waals surface area (Å²) in [6, 6.07) is 0. The van der Waals surface area contributed by atoms with E-state index >= 15 is 0 Å². The van der Waals surface area contributed by atoms with Gasteiger partial charge in [0.2, 0.25) is 8.94 Å². The molecule has 0 aliphatic rings. The summed E-state index contributed by atoms with van der Waals surface area (Å²) in [4.78, 5) is 0. The van der Waals surface area contributed by atoms with Crippen molar-refractivity contribution in [3.8, 4) is 0 Å². The van der Waals surface area contributed by atoms with E-state index in [1.165, 1.54) is 0 Å². The summed E-state index contributed by atoms with van der Waals surface area (Å²) < 4.78 is 129. The average molecular weight is 336 g/mol. The highest BCUT2D eigenvalue weighted by Crippen LogP contribution is 2.49. The molecular formula is C4ClF10NOS. The molecule has 0 aromatic carbocycles. The lowest BCUT2D eigenvalue weighted by Crippen LogP contribution is -2.52. The standard InChI is InChI=1S/C4ClF10NOS/c5-18(17,4(13,14)15)16-1(6,2(7,8)9)3(10,11)12. The van der Waals surface area contributed by atoms with Gasteiger partial charge in [0.05, 0.1) is 0 Å². The van der Waals surface area contributed by atoms with E-state index in [1.54, 1.807) is 0 Å². The van der Waals surface area contributed by atoms with Crippen LogP contribution in [0.25, 0.3) is 0 Å². The normalized spacial score (nSPS) is 18.4. The minimum atomic E-state index is -6.91. The van der Waals surface area contributed by atoms with Gasteiger partial charge >= 0.3 is 23.7 Å². The van der Waals surface area contributed by atoms with Crippen LogP contribution in [-0.4, -0.2) is 27.9 Å². The van der Waals surface area contributed by atoms with Crippen LogP contribution in [0.1, 0.15) is 0 Å². The zero-order valence-electron chi connectivity index (χ0n) is 7.42. The third kappa shape index (κ3) is 3.10. The van der Waals surface area contributed by atoms with E-state index in [1.807, 2.05) is 0 Å². The Balaban J connectivity index is 6.18. The molecule has 0 N–H and O–H groups in total. The van der Waals surface area contributed by atoms with E-state index in [0.717, 1.165) is 0 Å². The largest absolute Gasteiger partial charge is 0.493 e. The van der Waals surface area contributed by atoms with E-state index in [-0.39, 0.29) is 0 Å². The van der Waals surface area contributed by atoms with Crippen molar-refractivity contribution in [2.75, 3.05) is 0 Å².